The van der Waals surface area contributed by atoms with Gasteiger partial charge in [0.2, 0.25) is 0 Å². The molecule has 5 rings (SSSR count). The number of hydrogen-bond donors (Lipinski definition) is 0. The Morgan fingerprint density at radius 1 is 0.686 bits per heavy atom. The van der Waals surface area contributed by atoms with Crippen molar-refractivity contribution in [3.63, 3.8) is 0 Å². The standard InChI is InChI=1S/C29H32N2O4/c1-16(2)17-10-12-19-21(14-17)27(34)30(25(19)32)23-8-6-7-9-24(23)31-26(33)20-13-11-18(29(3,4)5)15-22(20)28(31)35/h10-16,23-24H,6-9H2,1-5H3. The summed E-state index contributed by atoms with van der Waals surface area (Å²) in [5, 5.41) is 0. The van der Waals surface area contributed by atoms with Crippen LogP contribution in [0.25, 0.3) is 0 Å². The highest BCUT2D eigenvalue weighted by atomic mass is 16.2. The summed E-state index contributed by atoms with van der Waals surface area (Å²) in [5.74, 6) is -1.08. The molecule has 0 aromatic heterocycles. The third-order valence-electron chi connectivity index (χ3n) is 7.75. The highest BCUT2D eigenvalue weighted by Crippen LogP contribution is 2.38. The molecule has 3 aliphatic rings. The number of nitrogens with zero attached hydrogens (tertiary/aromatic N) is 2. The molecule has 1 fully saturated rings. The molecule has 0 spiro atoms. The van der Waals surface area contributed by atoms with E-state index in [1.807, 2.05) is 38.1 Å². The van der Waals surface area contributed by atoms with Gasteiger partial charge in [-0.2, -0.15) is 0 Å². The largest absolute Gasteiger partial charge is 0.269 e. The van der Waals surface area contributed by atoms with Crippen LogP contribution in [0.15, 0.2) is 36.4 Å². The van der Waals surface area contributed by atoms with Gasteiger partial charge < -0.3 is 0 Å². The molecule has 6 heteroatoms. The first-order valence-electron chi connectivity index (χ1n) is 12.5. The average Bonchev–Trinajstić information content (AvgIpc) is 3.22. The van der Waals surface area contributed by atoms with Crippen molar-refractivity contribution in [2.24, 2.45) is 0 Å². The number of rotatable bonds is 3. The van der Waals surface area contributed by atoms with E-state index in [0.29, 0.717) is 35.1 Å². The summed E-state index contributed by atoms with van der Waals surface area (Å²) >= 11 is 0. The van der Waals surface area contributed by atoms with Crippen LogP contribution in [0.4, 0.5) is 0 Å². The summed E-state index contributed by atoms with van der Waals surface area (Å²) in [6.07, 6.45) is 2.83. The fraction of sp³-hybridized carbons (Fsp3) is 0.448. The van der Waals surface area contributed by atoms with Crippen LogP contribution in [0, 0.1) is 0 Å². The molecule has 2 aliphatic heterocycles. The lowest BCUT2D eigenvalue weighted by molar-refractivity contribution is 0.0291. The summed E-state index contributed by atoms with van der Waals surface area (Å²) in [4.78, 5) is 56.6. The second-order valence-corrected chi connectivity index (χ2v) is 11.3. The minimum Gasteiger partial charge on any atom is -0.269 e. The molecule has 0 radical (unpaired) electrons. The predicted molar refractivity (Wildman–Crippen MR) is 133 cm³/mol. The highest BCUT2D eigenvalue weighted by Gasteiger charge is 2.49. The molecule has 0 saturated heterocycles. The second-order valence-electron chi connectivity index (χ2n) is 11.3. The topological polar surface area (TPSA) is 74.8 Å². The number of fused-ring (bicyclic) bond motifs is 2. The van der Waals surface area contributed by atoms with Crippen molar-refractivity contribution in [2.45, 2.75) is 83.7 Å². The van der Waals surface area contributed by atoms with Crippen molar-refractivity contribution in [3.05, 3.63) is 69.8 Å². The van der Waals surface area contributed by atoms with Gasteiger partial charge in [-0.05, 0) is 59.6 Å². The lowest BCUT2D eigenvalue weighted by atomic mass is 9.85. The van der Waals surface area contributed by atoms with Crippen molar-refractivity contribution < 1.29 is 19.2 Å². The second kappa shape index (κ2) is 8.14. The van der Waals surface area contributed by atoms with Crippen LogP contribution in [-0.4, -0.2) is 45.5 Å². The van der Waals surface area contributed by atoms with Gasteiger partial charge in [-0.1, -0.05) is 59.6 Å². The molecule has 2 atom stereocenters. The fourth-order valence-electron chi connectivity index (χ4n) is 5.66. The van der Waals surface area contributed by atoms with E-state index in [4.69, 9.17) is 0 Å². The number of benzene rings is 2. The molecule has 0 bridgehead atoms. The van der Waals surface area contributed by atoms with Gasteiger partial charge in [0.15, 0.2) is 0 Å². The van der Waals surface area contributed by atoms with Crippen LogP contribution in [0.3, 0.4) is 0 Å². The number of carbonyl (C=O) groups excluding carboxylic acids is 4. The maximum absolute atomic E-state index is 13.6. The molecule has 2 heterocycles. The van der Waals surface area contributed by atoms with Crippen LogP contribution in [-0.2, 0) is 5.41 Å². The SMILES string of the molecule is CC(C)c1ccc2c(c1)C(=O)N(C1CCCCC1N1C(=O)c3ccc(C(C)(C)C)cc3C1=O)C2=O. The smallest absolute Gasteiger partial charge is 0.261 e. The molecule has 1 aliphatic carbocycles. The Morgan fingerprint density at radius 2 is 1.14 bits per heavy atom. The summed E-state index contributed by atoms with van der Waals surface area (Å²) < 4.78 is 0. The highest BCUT2D eigenvalue weighted by molar-refractivity contribution is 6.23. The molecular weight excluding hydrogens is 440 g/mol. The molecule has 6 nitrogen and oxygen atoms in total. The van der Waals surface area contributed by atoms with Crippen LogP contribution >= 0.6 is 0 Å². The Bertz CT molecular complexity index is 1270. The summed E-state index contributed by atoms with van der Waals surface area (Å²) in [6, 6.07) is 9.86. The molecule has 2 unspecified atom stereocenters. The third-order valence-corrected chi connectivity index (χ3v) is 7.75. The lowest BCUT2D eigenvalue weighted by Gasteiger charge is -2.40. The Kier molecular flexibility index (Phi) is 5.46. The lowest BCUT2D eigenvalue weighted by Crippen LogP contribution is -2.56. The maximum atomic E-state index is 13.6. The normalized spacial score (nSPS) is 22.3. The van der Waals surface area contributed by atoms with E-state index >= 15 is 0 Å². The first-order chi connectivity index (χ1) is 16.5. The van der Waals surface area contributed by atoms with Gasteiger partial charge in [-0.25, -0.2) is 0 Å². The van der Waals surface area contributed by atoms with Crippen molar-refractivity contribution in [3.8, 4) is 0 Å². The monoisotopic (exact) mass is 472 g/mol. The predicted octanol–water partition coefficient (Wildman–Crippen LogP) is 5.31. The van der Waals surface area contributed by atoms with Crippen molar-refractivity contribution in [1.29, 1.82) is 0 Å². The molecule has 2 aromatic rings. The van der Waals surface area contributed by atoms with Gasteiger partial charge in [-0.15, -0.1) is 0 Å². The number of carbonyl (C=O) groups is 4. The maximum Gasteiger partial charge on any atom is 0.261 e. The van der Waals surface area contributed by atoms with E-state index in [0.717, 1.165) is 24.0 Å². The van der Waals surface area contributed by atoms with Crippen LogP contribution < -0.4 is 0 Å². The number of amides is 4. The van der Waals surface area contributed by atoms with Crippen LogP contribution in [0.1, 0.15) is 119 Å². The Labute approximate surface area is 206 Å². The molecule has 2 aromatic carbocycles. The summed E-state index contributed by atoms with van der Waals surface area (Å²) in [5.41, 5.74) is 3.46. The number of imide groups is 2. The minimum absolute atomic E-state index is 0.159. The first-order valence-corrected chi connectivity index (χ1v) is 12.5. The van der Waals surface area contributed by atoms with Crippen molar-refractivity contribution >= 4 is 23.6 Å². The molecule has 4 amide bonds. The molecule has 182 valence electrons. The Balaban J connectivity index is 1.50. The van der Waals surface area contributed by atoms with Gasteiger partial charge in [0, 0.05) is 0 Å². The van der Waals surface area contributed by atoms with Gasteiger partial charge >= 0.3 is 0 Å². The van der Waals surface area contributed by atoms with E-state index in [1.54, 1.807) is 12.1 Å². The molecule has 35 heavy (non-hydrogen) atoms. The third kappa shape index (κ3) is 3.62. The van der Waals surface area contributed by atoms with Gasteiger partial charge in [0.1, 0.15) is 0 Å². The van der Waals surface area contributed by atoms with Gasteiger partial charge in [-0.3, -0.25) is 29.0 Å². The molecule has 0 N–H and O–H groups in total. The van der Waals surface area contributed by atoms with E-state index in [1.165, 1.54) is 9.80 Å². The van der Waals surface area contributed by atoms with E-state index < -0.39 is 12.1 Å². The molecule has 1 saturated carbocycles. The van der Waals surface area contributed by atoms with Crippen LogP contribution in [0.2, 0.25) is 0 Å². The van der Waals surface area contributed by atoms with E-state index in [9.17, 15) is 19.2 Å². The van der Waals surface area contributed by atoms with Crippen molar-refractivity contribution in [2.75, 3.05) is 0 Å². The van der Waals surface area contributed by atoms with E-state index in [2.05, 4.69) is 20.8 Å². The van der Waals surface area contributed by atoms with E-state index in [-0.39, 0.29) is 35.0 Å². The van der Waals surface area contributed by atoms with Gasteiger partial charge in [0.25, 0.3) is 23.6 Å². The zero-order valence-corrected chi connectivity index (χ0v) is 21.1. The Hall–Kier alpha value is -3.28. The zero-order valence-electron chi connectivity index (χ0n) is 21.1. The minimum atomic E-state index is -0.527. The first kappa shape index (κ1) is 23.5. The van der Waals surface area contributed by atoms with Crippen LogP contribution in [0.5, 0.6) is 0 Å². The zero-order chi connectivity index (χ0) is 25.2. The average molecular weight is 473 g/mol. The summed E-state index contributed by atoms with van der Waals surface area (Å²) in [6.45, 7) is 10.3. The Morgan fingerprint density at radius 3 is 1.63 bits per heavy atom. The number of hydrogen-bond acceptors (Lipinski definition) is 4. The van der Waals surface area contributed by atoms with Crippen molar-refractivity contribution in [1.82, 2.24) is 9.80 Å². The summed E-state index contributed by atoms with van der Waals surface area (Å²) in [7, 11) is 0. The van der Waals surface area contributed by atoms with Gasteiger partial charge in [0.05, 0.1) is 34.3 Å². The quantitative estimate of drug-likeness (QED) is 0.568. The molecular formula is C29H32N2O4. The fourth-order valence-corrected chi connectivity index (χ4v) is 5.66.